The van der Waals surface area contributed by atoms with E-state index in [1.807, 2.05) is 0 Å². The van der Waals surface area contributed by atoms with Gasteiger partial charge < -0.3 is 0 Å². The van der Waals surface area contributed by atoms with Crippen molar-refractivity contribution in [2.24, 2.45) is 5.92 Å². The monoisotopic (exact) mass is 302 g/mol. The van der Waals surface area contributed by atoms with E-state index >= 15 is 0 Å². The maximum absolute atomic E-state index is 12.3. The van der Waals surface area contributed by atoms with Crippen LogP contribution in [0, 0.1) is 5.92 Å². The number of hydrogen-bond donors (Lipinski definition) is 1. The standard InChI is InChI=1S/C13H19ClN2O2S/c1-11-4-6-13(10-14,7-5-11)16-19(17,18)12-3-2-8-15-9-12/h2-3,8-9,11,16H,4-7,10H2,1H3. The normalized spacial score (nSPS) is 28.2. The van der Waals surface area contributed by atoms with Crippen molar-refractivity contribution in [3.63, 3.8) is 0 Å². The summed E-state index contributed by atoms with van der Waals surface area (Å²) in [7, 11) is -3.54. The van der Waals surface area contributed by atoms with Crippen molar-refractivity contribution in [2.45, 2.75) is 43.0 Å². The van der Waals surface area contributed by atoms with Gasteiger partial charge in [-0.1, -0.05) is 6.92 Å². The SMILES string of the molecule is CC1CCC(CCl)(NS(=O)(=O)c2cccnc2)CC1. The maximum Gasteiger partial charge on any atom is 0.242 e. The topological polar surface area (TPSA) is 59.1 Å². The maximum atomic E-state index is 12.3. The van der Waals surface area contributed by atoms with Crippen LogP contribution in [0.3, 0.4) is 0 Å². The van der Waals surface area contributed by atoms with Crippen molar-refractivity contribution in [3.8, 4) is 0 Å². The van der Waals surface area contributed by atoms with Gasteiger partial charge in [-0.25, -0.2) is 13.1 Å². The van der Waals surface area contributed by atoms with E-state index in [1.165, 1.54) is 6.20 Å². The fourth-order valence-electron chi connectivity index (χ4n) is 2.43. The zero-order valence-electron chi connectivity index (χ0n) is 11.0. The van der Waals surface area contributed by atoms with Gasteiger partial charge in [0.05, 0.1) is 0 Å². The van der Waals surface area contributed by atoms with Gasteiger partial charge >= 0.3 is 0 Å². The minimum Gasteiger partial charge on any atom is -0.263 e. The van der Waals surface area contributed by atoms with Crippen LogP contribution in [0.5, 0.6) is 0 Å². The molecule has 1 aromatic heterocycles. The quantitative estimate of drug-likeness (QED) is 0.870. The van der Waals surface area contributed by atoms with E-state index in [9.17, 15) is 8.42 Å². The smallest absolute Gasteiger partial charge is 0.242 e. The third kappa shape index (κ3) is 3.46. The van der Waals surface area contributed by atoms with E-state index in [4.69, 9.17) is 11.6 Å². The Balaban J connectivity index is 2.19. The Morgan fingerprint density at radius 2 is 2.16 bits per heavy atom. The molecule has 0 bridgehead atoms. The molecule has 1 aliphatic rings. The number of halogens is 1. The van der Waals surface area contributed by atoms with E-state index in [1.54, 1.807) is 18.3 Å². The fourth-order valence-corrected chi connectivity index (χ4v) is 4.26. The molecular weight excluding hydrogens is 284 g/mol. The average molecular weight is 303 g/mol. The summed E-state index contributed by atoms with van der Waals surface area (Å²) in [6.07, 6.45) is 6.49. The summed E-state index contributed by atoms with van der Waals surface area (Å²) < 4.78 is 27.5. The summed E-state index contributed by atoms with van der Waals surface area (Å²) in [5.41, 5.74) is -0.511. The molecule has 4 nitrogen and oxygen atoms in total. The number of aromatic nitrogens is 1. The lowest BCUT2D eigenvalue weighted by atomic mass is 9.79. The molecule has 19 heavy (non-hydrogen) atoms. The number of hydrogen-bond acceptors (Lipinski definition) is 3. The second-order valence-electron chi connectivity index (χ2n) is 5.39. The van der Waals surface area contributed by atoms with Crippen LogP contribution in [0.2, 0.25) is 0 Å². The van der Waals surface area contributed by atoms with Gasteiger partial charge in [-0.2, -0.15) is 0 Å². The third-order valence-electron chi connectivity index (χ3n) is 3.78. The number of nitrogens with zero attached hydrogens (tertiary/aromatic N) is 1. The van der Waals surface area contributed by atoms with Crippen molar-refractivity contribution in [1.29, 1.82) is 0 Å². The number of rotatable bonds is 4. The van der Waals surface area contributed by atoms with Crippen molar-refractivity contribution in [2.75, 3.05) is 5.88 Å². The van der Waals surface area contributed by atoms with Crippen LogP contribution in [0.15, 0.2) is 29.4 Å². The lowest BCUT2D eigenvalue weighted by Gasteiger charge is -2.38. The zero-order chi connectivity index (χ0) is 13.9. The van der Waals surface area contributed by atoms with E-state index in [2.05, 4.69) is 16.6 Å². The molecule has 1 aliphatic carbocycles. The molecule has 106 valence electrons. The first-order valence-corrected chi connectivity index (χ1v) is 8.49. The molecule has 1 saturated carbocycles. The Bertz CT molecular complexity index is 511. The highest BCUT2D eigenvalue weighted by molar-refractivity contribution is 7.89. The molecule has 1 aromatic rings. The van der Waals surface area contributed by atoms with Crippen LogP contribution in [0.4, 0.5) is 0 Å². The van der Waals surface area contributed by atoms with Crippen molar-refractivity contribution < 1.29 is 8.42 Å². The van der Waals surface area contributed by atoms with E-state index in [0.29, 0.717) is 11.8 Å². The molecule has 0 amide bonds. The van der Waals surface area contributed by atoms with Crippen LogP contribution < -0.4 is 4.72 Å². The molecule has 1 heterocycles. The largest absolute Gasteiger partial charge is 0.263 e. The van der Waals surface area contributed by atoms with Gasteiger partial charge in [-0.15, -0.1) is 11.6 Å². The minimum atomic E-state index is -3.54. The van der Waals surface area contributed by atoms with Gasteiger partial charge in [0.2, 0.25) is 10.0 Å². The fraction of sp³-hybridized carbons (Fsp3) is 0.615. The summed E-state index contributed by atoms with van der Waals surface area (Å²) in [6.45, 7) is 2.19. The van der Waals surface area contributed by atoms with Gasteiger partial charge in [0, 0.05) is 23.8 Å². The van der Waals surface area contributed by atoms with Crippen LogP contribution in [0.1, 0.15) is 32.6 Å². The number of nitrogens with one attached hydrogen (secondary N) is 1. The highest BCUT2D eigenvalue weighted by Crippen LogP contribution is 2.33. The Morgan fingerprint density at radius 3 is 2.68 bits per heavy atom. The van der Waals surface area contributed by atoms with E-state index < -0.39 is 15.6 Å². The Morgan fingerprint density at radius 1 is 1.47 bits per heavy atom. The Labute approximate surface area is 119 Å². The summed E-state index contributed by atoms with van der Waals surface area (Å²) in [5, 5.41) is 0. The number of alkyl halides is 1. The average Bonchev–Trinajstić information content (AvgIpc) is 2.42. The van der Waals surface area contributed by atoms with Gasteiger partial charge in [-0.05, 0) is 43.7 Å². The predicted octanol–water partition coefficient (Wildman–Crippen LogP) is 2.55. The van der Waals surface area contributed by atoms with E-state index in [0.717, 1.165) is 25.7 Å². The van der Waals surface area contributed by atoms with Crippen molar-refractivity contribution >= 4 is 21.6 Å². The first-order valence-electron chi connectivity index (χ1n) is 6.47. The molecule has 2 rings (SSSR count). The zero-order valence-corrected chi connectivity index (χ0v) is 12.5. The van der Waals surface area contributed by atoms with Crippen LogP contribution in [0.25, 0.3) is 0 Å². The summed E-state index contributed by atoms with van der Waals surface area (Å²) >= 11 is 6.04. The molecule has 1 fully saturated rings. The van der Waals surface area contributed by atoms with Gasteiger partial charge in [0.1, 0.15) is 4.90 Å². The van der Waals surface area contributed by atoms with Crippen molar-refractivity contribution in [1.82, 2.24) is 9.71 Å². The van der Waals surface area contributed by atoms with Crippen LogP contribution >= 0.6 is 11.6 Å². The molecule has 0 saturated heterocycles. The molecule has 0 aromatic carbocycles. The Hall–Kier alpha value is -0.650. The highest BCUT2D eigenvalue weighted by Gasteiger charge is 2.37. The van der Waals surface area contributed by atoms with E-state index in [-0.39, 0.29) is 4.90 Å². The molecule has 6 heteroatoms. The van der Waals surface area contributed by atoms with Crippen LogP contribution in [-0.4, -0.2) is 24.8 Å². The predicted molar refractivity (Wildman–Crippen MR) is 75.6 cm³/mol. The lowest BCUT2D eigenvalue weighted by Crippen LogP contribution is -2.51. The summed E-state index contributed by atoms with van der Waals surface area (Å²) in [5.74, 6) is 0.943. The summed E-state index contributed by atoms with van der Waals surface area (Å²) in [4.78, 5) is 4.05. The number of sulfonamides is 1. The molecule has 0 unspecified atom stereocenters. The van der Waals surface area contributed by atoms with Crippen LogP contribution in [-0.2, 0) is 10.0 Å². The number of pyridine rings is 1. The van der Waals surface area contributed by atoms with Gasteiger partial charge in [0.25, 0.3) is 0 Å². The first kappa shape index (κ1) is 14.8. The summed E-state index contributed by atoms with van der Waals surface area (Å²) in [6, 6.07) is 3.16. The molecule has 0 aliphatic heterocycles. The minimum absolute atomic E-state index is 0.193. The third-order valence-corrected chi connectivity index (χ3v) is 5.86. The second-order valence-corrected chi connectivity index (χ2v) is 7.34. The lowest BCUT2D eigenvalue weighted by molar-refractivity contribution is 0.247. The molecular formula is C13H19ClN2O2S. The highest BCUT2D eigenvalue weighted by atomic mass is 35.5. The Kier molecular flexibility index (Phi) is 4.48. The second kappa shape index (κ2) is 5.77. The molecule has 1 N–H and O–H groups in total. The first-order chi connectivity index (χ1) is 8.97. The van der Waals surface area contributed by atoms with Crippen molar-refractivity contribution in [3.05, 3.63) is 24.5 Å². The molecule has 0 spiro atoms. The van der Waals surface area contributed by atoms with Gasteiger partial charge in [-0.3, -0.25) is 4.98 Å². The molecule has 0 radical (unpaired) electrons. The molecule has 0 atom stereocenters. The van der Waals surface area contributed by atoms with Gasteiger partial charge in [0.15, 0.2) is 0 Å².